The molecule has 2 amide bonds. The minimum absolute atomic E-state index is 0.0221. The third kappa shape index (κ3) is 5.64. The average Bonchev–Trinajstić information content (AvgIpc) is 3.08. The van der Waals surface area contributed by atoms with Gasteiger partial charge in [-0.25, -0.2) is 9.18 Å². The first-order chi connectivity index (χ1) is 15.9. The molecule has 0 unspecified atom stereocenters. The van der Waals surface area contributed by atoms with Gasteiger partial charge in [-0.2, -0.15) is 10.2 Å². The van der Waals surface area contributed by atoms with Crippen molar-refractivity contribution in [2.45, 2.75) is 56.7 Å². The number of carbonyl (C=O) groups is 2. The van der Waals surface area contributed by atoms with Crippen molar-refractivity contribution >= 4 is 17.8 Å². The molecule has 2 aromatic rings. The van der Waals surface area contributed by atoms with Gasteiger partial charge in [0.25, 0.3) is 5.91 Å². The Morgan fingerprint density at radius 1 is 1.35 bits per heavy atom. The topological polar surface area (TPSA) is 132 Å². The molecule has 1 saturated carbocycles. The Morgan fingerprint density at radius 3 is 2.76 bits per heavy atom. The lowest BCUT2D eigenvalue weighted by molar-refractivity contribution is -0.330. The Morgan fingerprint density at radius 2 is 2.09 bits per heavy atom. The van der Waals surface area contributed by atoms with E-state index in [0.29, 0.717) is 0 Å². The zero-order valence-electron chi connectivity index (χ0n) is 18.1. The van der Waals surface area contributed by atoms with Crippen molar-refractivity contribution in [2.24, 2.45) is 7.05 Å². The van der Waals surface area contributed by atoms with Crippen LogP contribution in [0.25, 0.3) is 0 Å². The SMILES string of the molecule is Cn1nc(COC(F)(F)F)cc1C(=O)Nc1cc([C@@H]2OC[C@H](OC(=O)NC3(C)CC3)[C@@H]2F)[nH]n1. The fourth-order valence-electron chi connectivity index (χ4n) is 3.36. The van der Waals surface area contributed by atoms with Crippen LogP contribution in [0, 0.1) is 0 Å². The van der Waals surface area contributed by atoms with Crippen LogP contribution in [-0.4, -0.2) is 62.8 Å². The minimum atomic E-state index is -4.83. The van der Waals surface area contributed by atoms with E-state index in [0.717, 1.165) is 23.6 Å². The molecule has 2 aromatic heterocycles. The standard InChI is InChI=1S/C19H22F4N6O5/c1-18(3-4-18)25-17(31)34-12-8-32-15(14(12)20)10-6-13(27-26-10)24-16(30)11-5-9(28-29(11)2)7-33-19(21,22)23/h5-6,12,14-15H,3-4,7-8H2,1-2H3,(H,25,31)(H2,24,26,27,30)/t12-,14-,15-/m0/s1. The van der Waals surface area contributed by atoms with Crippen LogP contribution in [0.5, 0.6) is 0 Å². The summed E-state index contributed by atoms with van der Waals surface area (Å²) in [6.07, 6.45) is -7.77. The van der Waals surface area contributed by atoms with E-state index in [4.69, 9.17) is 9.47 Å². The molecule has 186 valence electrons. The maximum atomic E-state index is 14.8. The van der Waals surface area contributed by atoms with Crippen molar-refractivity contribution in [3.8, 4) is 0 Å². The summed E-state index contributed by atoms with van der Waals surface area (Å²) in [5, 5.41) is 15.4. The van der Waals surface area contributed by atoms with Crippen LogP contribution in [0.3, 0.4) is 0 Å². The third-order valence-corrected chi connectivity index (χ3v) is 5.44. The molecular formula is C19H22F4N6O5. The van der Waals surface area contributed by atoms with Gasteiger partial charge < -0.3 is 20.1 Å². The second-order valence-electron chi connectivity index (χ2n) is 8.37. The van der Waals surface area contributed by atoms with Gasteiger partial charge in [-0.3, -0.25) is 19.3 Å². The number of aromatic nitrogens is 4. The molecule has 0 bridgehead atoms. The smallest absolute Gasteiger partial charge is 0.441 e. The number of nitrogens with one attached hydrogen (secondary N) is 3. The second-order valence-corrected chi connectivity index (χ2v) is 8.37. The molecule has 1 aliphatic carbocycles. The monoisotopic (exact) mass is 490 g/mol. The fourth-order valence-corrected chi connectivity index (χ4v) is 3.36. The van der Waals surface area contributed by atoms with Gasteiger partial charge in [-0.05, 0) is 25.8 Å². The number of hydrogen-bond donors (Lipinski definition) is 3. The van der Waals surface area contributed by atoms with Crippen molar-refractivity contribution in [2.75, 3.05) is 11.9 Å². The number of H-pyrrole nitrogens is 1. The van der Waals surface area contributed by atoms with Crippen LogP contribution in [0.1, 0.15) is 47.7 Å². The Kier molecular flexibility index (Phi) is 6.24. The van der Waals surface area contributed by atoms with E-state index in [1.54, 1.807) is 0 Å². The van der Waals surface area contributed by atoms with Crippen molar-refractivity contribution in [1.82, 2.24) is 25.3 Å². The van der Waals surface area contributed by atoms with Crippen molar-refractivity contribution in [3.63, 3.8) is 0 Å². The number of aromatic amines is 1. The lowest BCUT2D eigenvalue weighted by atomic mass is 10.1. The molecule has 3 atom stereocenters. The number of anilines is 1. The van der Waals surface area contributed by atoms with Crippen LogP contribution in [0.4, 0.5) is 28.2 Å². The second kappa shape index (κ2) is 8.87. The Bertz CT molecular complexity index is 1070. The number of halogens is 4. The van der Waals surface area contributed by atoms with E-state index >= 15 is 0 Å². The summed E-state index contributed by atoms with van der Waals surface area (Å²) in [4.78, 5) is 24.4. The molecule has 11 nitrogen and oxygen atoms in total. The molecule has 4 rings (SSSR count). The number of carbonyl (C=O) groups excluding carboxylic acids is 2. The zero-order valence-corrected chi connectivity index (χ0v) is 18.1. The molecule has 0 radical (unpaired) electrons. The molecule has 1 aliphatic heterocycles. The summed E-state index contributed by atoms with van der Waals surface area (Å²) >= 11 is 0. The highest BCUT2D eigenvalue weighted by molar-refractivity contribution is 6.02. The predicted molar refractivity (Wildman–Crippen MR) is 105 cm³/mol. The first-order valence-electron chi connectivity index (χ1n) is 10.3. The predicted octanol–water partition coefficient (Wildman–Crippen LogP) is 2.49. The van der Waals surface area contributed by atoms with Gasteiger partial charge in [0.1, 0.15) is 18.4 Å². The molecule has 1 saturated heterocycles. The van der Waals surface area contributed by atoms with E-state index < -0.39 is 43.3 Å². The quantitative estimate of drug-likeness (QED) is 0.508. The number of alkyl carbamates (subject to hydrolysis) is 1. The number of ether oxygens (including phenoxy) is 3. The maximum absolute atomic E-state index is 14.8. The van der Waals surface area contributed by atoms with Crippen LogP contribution in [0.15, 0.2) is 12.1 Å². The van der Waals surface area contributed by atoms with E-state index in [2.05, 4.69) is 30.7 Å². The number of rotatable bonds is 7. The Balaban J connectivity index is 1.33. The molecule has 34 heavy (non-hydrogen) atoms. The highest BCUT2D eigenvalue weighted by Gasteiger charge is 2.44. The lowest BCUT2D eigenvalue weighted by Gasteiger charge is -2.17. The lowest BCUT2D eigenvalue weighted by Crippen LogP contribution is -2.39. The summed E-state index contributed by atoms with van der Waals surface area (Å²) in [5.41, 5.74) is -0.251. The van der Waals surface area contributed by atoms with Gasteiger partial charge in [0, 0.05) is 18.7 Å². The van der Waals surface area contributed by atoms with Crippen molar-refractivity contribution in [1.29, 1.82) is 0 Å². The number of alkyl halides is 4. The number of aryl methyl sites for hydroxylation is 1. The summed E-state index contributed by atoms with van der Waals surface area (Å²) in [6, 6.07) is 2.48. The highest BCUT2D eigenvalue weighted by atomic mass is 19.4. The van der Waals surface area contributed by atoms with E-state index in [9.17, 15) is 27.2 Å². The largest absolute Gasteiger partial charge is 0.522 e. The van der Waals surface area contributed by atoms with Gasteiger partial charge in [0.2, 0.25) is 0 Å². The van der Waals surface area contributed by atoms with Gasteiger partial charge >= 0.3 is 12.5 Å². The molecule has 2 fully saturated rings. The van der Waals surface area contributed by atoms with E-state index in [1.807, 2.05) is 6.92 Å². The van der Waals surface area contributed by atoms with Crippen LogP contribution >= 0.6 is 0 Å². The van der Waals surface area contributed by atoms with Crippen molar-refractivity contribution < 1.29 is 41.4 Å². The van der Waals surface area contributed by atoms with Gasteiger partial charge in [-0.1, -0.05) is 0 Å². The fraction of sp³-hybridized carbons (Fsp3) is 0.579. The molecule has 0 aromatic carbocycles. The summed E-state index contributed by atoms with van der Waals surface area (Å²) in [5.74, 6) is -0.684. The number of nitrogens with zero attached hydrogens (tertiary/aromatic N) is 3. The number of amides is 2. The minimum Gasteiger partial charge on any atom is -0.441 e. The number of hydrogen-bond acceptors (Lipinski definition) is 7. The van der Waals surface area contributed by atoms with Crippen LogP contribution in [-0.2, 0) is 27.9 Å². The van der Waals surface area contributed by atoms with Crippen molar-refractivity contribution in [3.05, 3.63) is 29.2 Å². The third-order valence-electron chi connectivity index (χ3n) is 5.44. The van der Waals surface area contributed by atoms with Crippen LogP contribution < -0.4 is 10.6 Å². The molecule has 3 heterocycles. The average molecular weight is 490 g/mol. The molecule has 3 N–H and O–H groups in total. The van der Waals surface area contributed by atoms with Crippen LogP contribution in [0.2, 0.25) is 0 Å². The summed E-state index contributed by atoms with van der Waals surface area (Å²) < 4.78 is 66.7. The molecule has 2 aliphatic rings. The molecular weight excluding hydrogens is 468 g/mol. The molecule has 15 heteroatoms. The Hall–Kier alpha value is -3.20. The first-order valence-corrected chi connectivity index (χ1v) is 10.3. The van der Waals surface area contributed by atoms with E-state index in [1.165, 1.54) is 13.1 Å². The van der Waals surface area contributed by atoms with Gasteiger partial charge in [0.15, 0.2) is 18.1 Å². The van der Waals surface area contributed by atoms with Gasteiger partial charge in [0.05, 0.1) is 18.0 Å². The van der Waals surface area contributed by atoms with E-state index in [-0.39, 0.29) is 35.0 Å². The highest BCUT2D eigenvalue weighted by Crippen LogP contribution is 2.36. The summed E-state index contributed by atoms with van der Waals surface area (Å²) in [7, 11) is 1.38. The normalized spacial score (nSPS) is 23.5. The first kappa shape index (κ1) is 23.9. The zero-order chi connectivity index (χ0) is 24.7. The summed E-state index contributed by atoms with van der Waals surface area (Å²) in [6.45, 7) is 0.848. The maximum Gasteiger partial charge on any atom is 0.522 e. The molecule has 0 spiro atoms. The van der Waals surface area contributed by atoms with Gasteiger partial charge in [-0.15, -0.1) is 13.2 Å². The Labute approximate surface area is 190 Å².